The second-order valence-electron chi connectivity index (χ2n) is 2.15. The van der Waals surface area contributed by atoms with E-state index in [1.807, 2.05) is 6.08 Å². The van der Waals surface area contributed by atoms with Crippen LogP contribution in [0.2, 0.25) is 0 Å². The molecule has 0 bridgehead atoms. The molecule has 0 saturated carbocycles. The van der Waals surface area contributed by atoms with E-state index in [1.54, 1.807) is 0 Å². The van der Waals surface area contributed by atoms with Gasteiger partial charge >= 0.3 is 5.76 Å². The minimum atomic E-state index is -0.435. The summed E-state index contributed by atoms with van der Waals surface area (Å²) in [5.41, 5.74) is 0. The van der Waals surface area contributed by atoms with Crippen LogP contribution in [0.25, 0.3) is 4.48 Å². The van der Waals surface area contributed by atoms with Crippen molar-refractivity contribution in [2.45, 2.75) is 0 Å². The fraction of sp³-hybridized carbons (Fsp3) is 0.167. The molecule has 0 amide bonds. The van der Waals surface area contributed by atoms with Crippen molar-refractivity contribution in [3.8, 4) is 0 Å². The van der Waals surface area contributed by atoms with Crippen molar-refractivity contribution < 1.29 is 4.42 Å². The van der Waals surface area contributed by atoms with E-state index < -0.39 is 5.76 Å². The molecule has 0 fully saturated rings. The quantitative estimate of drug-likeness (QED) is 0.684. The molecule has 5 heteroatoms. The molecule has 0 atom stereocenters. The number of nitrogens with one attached hydrogen (secondary N) is 2. The van der Waals surface area contributed by atoms with Crippen molar-refractivity contribution >= 4 is 26.2 Å². The van der Waals surface area contributed by atoms with Gasteiger partial charge in [-0.2, -0.15) is 0 Å². The molecule has 11 heavy (non-hydrogen) atoms. The van der Waals surface area contributed by atoms with Gasteiger partial charge in [-0.05, 0) is 22.0 Å². The summed E-state index contributed by atoms with van der Waals surface area (Å²) in [5.74, 6) is 0.750. The summed E-state index contributed by atoms with van der Waals surface area (Å²) in [7, 11) is 0. The summed E-state index contributed by atoms with van der Waals surface area (Å²) < 4.78 is 5.64. The Kier molecular flexibility index (Phi) is 1.38. The SMILES string of the molecule is O=c1[nH]c2c(o1)C(Br)=CCN2. The Morgan fingerprint density at radius 1 is 1.64 bits per heavy atom. The van der Waals surface area contributed by atoms with Crippen LogP contribution in [0.1, 0.15) is 5.76 Å². The van der Waals surface area contributed by atoms with E-state index in [0.717, 1.165) is 4.48 Å². The average molecular weight is 217 g/mol. The number of hydrogen-bond donors (Lipinski definition) is 2. The van der Waals surface area contributed by atoms with Crippen molar-refractivity contribution in [1.82, 2.24) is 4.98 Å². The molecule has 0 saturated heterocycles. The van der Waals surface area contributed by atoms with Gasteiger partial charge in [0, 0.05) is 6.54 Å². The van der Waals surface area contributed by atoms with Gasteiger partial charge in [0.25, 0.3) is 0 Å². The number of hydrogen-bond acceptors (Lipinski definition) is 3. The number of aromatic amines is 1. The van der Waals surface area contributed by atoms with Crippen LogP contribution in [0, 0.1) is 0 Å². The highest BCUT2D eigenvalue weighted by Gasteiger charge is 2.15. The standard InChI is InChI=1S/C6H5BrN2O2/c7-3-1-2-8-5-4(3)11-6(10)9-5/h1,8H,2H2,(H,9,10). The molecule has 1 aromatic rings. The smallest absolute Gasteiger partial charge is 0.405 e. The van der Waals surface area contributed by atoms with Crippen molar-refractivity contribution in [2.75, 3.05) is 11.9 Å². The molecular formula is C6H5BrN2O2. The summed E-state index contributed by atoms with van der Waals surface area (Å²) in [4.78, 5) is 13.2. The lowest BCUT2D eigenvalue weighted by Gasteiger charge is -2.07. The maximum atomic E-state index is 10.7. The van der Waals surface area contributed by atoms with E-state index in [4.69, 9.17) is 4.42 Å². The molecule has 1 aliphatic heterocycles. The third-order valence-corrected chi connectivity index (χ3v) is 2.11. The van der Waals surface area contributed by atoms with Crippen LogP contribution in [-0.2, 0) is 0 Å². The Morgan fingerprint density at radius 3 is 3.18 bits per heavy atom. The van der Waals surface area contributed by atoms with Gasteiger partial charge in [-0.3, -0.25) is 4.98 Å². The Labute approximate surface area is 70.4 Å². The zero-order valence-electron chi connectivity index (χ0n) is 5.48. The number of H-pyrrole nitrogens is 1. The maximum Gasteiger partial charge on any atom is 0.418 e. The van der Waals surface area contributed by atoms with Crippen LogP contribution in [0.3, 0.4) is 0 Å². The van der Waals surface area contributed by atoms with Crippen molar-refractivity contribution in [1.29, 1.82) is 0 Å². The molecule has 2 N–H and O–H groups in total. The number of aromatic nitrogens is 1. The lowest BCUT2D eigenvalue weighted by atomic mass is 10.3. The fourth-order valence-corrected chi connectivity index (χ4v) is 1.40. The predicted molar refractivity (Wildman–Crippen MR) is 44.7 cm³/mol. The van der Waals surface area contributed by atoms with E-state index in [1.165, 1.54) is 0 Å². The molecule has 0 aromatic carbocycles. The zero-order chi connectivity index (χ0) is 7.84. The monoisotopic (exact) mass is 216 g/mol. The minimum Gasteiger partial charge on any atom is -0.405 e. The molecule has 1 aromatic heterocycles. The van der Waals surface area contributed by atoms with E-state index in [-0.39, 0.29) is 0 Å². The van der Waals surface area contributed by atoms with E-state index in [0.29, 0.717) is 18.1 Å². The van der Waals surface area contributed by atoms with Gasteiger partial charge < -0.3 is 9.73 Å². The maximum absolute atomic E-state index is 10.7. The Balaban J connectivity index is 2.64. The summed E-state index contributed by atoms with van der Waals surface area (Å²) in [6, 6.07) is 0. The minimum absolute atomic E-state index is 0.435. The molecule has 1 aliphatic rings. The number of anilines is 1. The highest BCUT2D eigenvalue weighted by Crippen LogP contribution is 2.28. The summed E-state index contributed by atoms with van der Waals surface area (Å²) >= 11 is 3.27. The molecule has 58 valence electrons. The van der Waals surface area contributed by atoms with E-state index in [2.05, 4.69) is 26.2 Å². The van der Waals surface area contributed by atoms with Gasteiger partial charge in [0.1, 0.15) is 0 Å². The second-order valence-corrected chi connectivity index (χ2v) is 3.01. The van der Waals surface area contributed by atoms with Crippen LogP contribution in [0.4, 0.5) is 5.82 Å². The van der Waals surface area contributed by atoms with Gasteiger partial charge in [0.15, 0.2) is 11.6 Å². The molecule has 0 spiro atoms. The van der Waals surface area contributed by atoms with Crippen molar-refractivity contribution in [3.05, 3.63) is 22.4 Å². The average Bonchev–Trinajstić information content (AvgIpc) is 2.31. The highest BCUT2D eigenvalue weighted by molar-refractivity contribution is 9.15. The van der Waals surface area contributed by atoms with Crippen LogP contribution >= 0.6 is 15.9 Å². The topological polar surface area (TPSA) is 58.0 Å². The molecule has 4 nitrogen and oxygen atoms in total. The van der Waals surface area contributed by atoms with Crippen LogP contribution in [-0.4, -0.2) is 11.5 Å². The zero-order valence-corrected chi connectivity index (χ0v) is 7.06. The third kappa shape index (κ3) is 1.01. The second kappa shape index (κ2) is 2.27. The van der Waals surface area contributed by atoms with Gasteiger partial charge in [0.2, 0.25) is 0 Å². The van der Waals surface area contributed by atoms with Crippen LogP contribution < -0.4 is 11.1 Å². The number of fused-ring (bicyclic) bond motifs is 1. The molecule has 0 radical (unpaired) electrons. The predicted octanol–water partition coefficient (Wildman–Crippen LogP) is 1.13. The summed E-state index contributed by atoms with van der Waals surface area (Å²) in [6.45, 7) is 0.697. The molecule has 0 unspecified atom stereocenters. The normalized spacial score (nSPS) is 15.2. The van der Waals surface area contributed by atoms with Gasteiger partial charge in [-0.15, -0.1) is 0 Å². The Bertz CT molecular complexity index is 363. The number of oxazole rings is 1. The molecule has 0 aliphatic carbocycles. The Hall–Kier alpha value is -0.970. The first-order chi connectivity index (χ1) is 5.27. The number of halogens is 1. The molecular weight excluding hydrogens is 212 g/mol. The lowest BCUT2D eigenvalue weighted by molar-refractivity contribution is 0.506. The van der Waals surface area contributed by atoms with Gasteiger partial charge in [0.05, 0.1) is 4.48 Å². The van der Waals surface area contributed by atoms with Crippen LogP contribution in [0.5, 0.6) is 0 Å². The highest BCUT2D eigenvalue weighted by atomic mass is 79.9. The first kappa shape index (κ1) is 6.72. The molecule has 2 rings (SSSR count). The molecule has 2 heterocycles. The fourth-order valence-electron chi connectivity index (χ4n) is 0.956. The first-order valence-corrected chi connectivity index (χ1v) is 3.89. The van der Waals surface area contributed by atoms with Crippen molar-refractivity contribution in [2.24, 2.45) is 0 Å². The third-order valence-electron chi connectivity index (χ3n) is 1.43. The van der Waals surface area contributed by atoms with E-state index in [9.17, 15) is 4.79 Å². The van der Waals surface area contributed by atoms with E-state index >= 15 is 0 Å². The first-order valence-electron chi connectivity index (χ1n) is 3.10. The van der Waals surface area contributed by atoms with Gasteiger partial charge in [-0.25, -0.2) is 4.79 Å². The van der Waals surface area contributed by atoms with Crippen LogP contribution in [0.15, 0.2) is 15.3 Å². The van der Waals surface area contributed by atoms with Gasteiger partial charge in [-0.1, -0.05) is 0 Å². The number of rotatable bonds is 0. The largest absolute Gasteiger partial charge is 0.418 e. The Morgan fingerprint density at radius 2 is 2.45 bits per heavy atom. The summed E-state index contributed by atoms with van der Waals surface area (Å²) in [5, 5.41) is 2.96. The summed E-state index contributed by atoms with van der Waals surface area (Å²) in [6.07, 6.45) is 1.89. The lowest BCUT2D eigenvalue weighted by Crippen LogP contribution is -2.05. The van der Waals surface area contributed by atoms with Crippen molar-refractivity contribution in [3.63, 3.8) is 0 Å².